The van der Waals surface area contributed by atoms with Crippen LogP contribution in [0.1, 0.15) is 29.8 Å². The van der Waals surface area contributed by atoms with Crippen LogP contribution in [0, 0.1) is 6.92 Å². The van der Waals surface area contributed by atoms with Crippen molar-refractivity contribution in [3.05, 3.63) is 35.4 Å². The van der Waals surface area contributed by atoms with Crippen LogP contribution < -0.4 is 4.74 Å². The maximum Gasteiger partial charge on any atom is 0.295 e. The van der Waals surface area contributed by atoms with Crippen LogP contribution >= 0.6 is 23.1 Å². The Bertz CT molecular complexity index is 596. The number of benzene rings is 1. The average Bonchev–Trinajstić information content (AvgIpc) is 2.83. The molecule has 0 saturated heterocycles. The minimum Gasteiger partial charge on any atom is -0.466 e. The van der Waals surface area contributed by atoms with E-state index in [1.54, 1.807) is 0 Å². The van der Waals surface area contributed by atoms with Crippen LogP contribution in [-0.4, -0.2) is 27.8 Å². The molecule has 6 heteroatoms. The SMILES string of the molecule is Cc1ccccc1C(=O)CSc1nnc(OC(C)C)s1. The van der Waals surface area contributed by atoms with Gasteiger partial charge in [0.2, 0.25) is 0 Å². The number of hydrogen-bond acceptors (Lipinski definition) is 6. The monoisotopic (exact) mass is 308 g/mol. The van der Waals surface area contributed by atoms with E-state index in [-0.39, 0.29) is 11.9 Å². The molecule has 0 amide bonds. The molecule has 1 aromatic heterocycles. The van der Waals surface area contributed by atoms with Crippen LogP contribution in [0.3, 0.4) is 0 Å². The van der Waals surface area contributed by atoms with Crippen LogP contribution in [0.4, 0.5) is 0 Å². The van der Waals surface area contributed by atoms with Crippen molar-refractivity contribution < 1.29 is 9.53 Å². The van der Waals surface area contributed by atoms with Gasteiger partial charge in [-0.3, -0.25) is 4.79 Å². The van der Waals surface area contributed by atoms with Gasteiger partial charge in [0.15, 0.2) is 10.1 Å². The second-order valence-corrected chi connectivity index (χ2v) is 6.69. The van der Waals surface area contributed by atoms with E-state index >= 15 is 0 Å². The fourth-order valence-corrected chi connectivity index (χ4v) is 3.28. The summed E-state index contributed by atoms with van der Waals surface area (Å²) in [7, 11) is 0. The van der Waals surface area contributed by atoms with E-state index in [1.807, 2.05) is 45.0 Å². The predicted octanol–water partition coefficient (Wildman–Crippen LogP) is 3.61. The number of rotatable bonds is 6. The Balaban J connectivity index is 1.94. The number of ketones is 1. The summed E-state index contributed by atoms with van der Waals surface area (Å²) in [4.78, 5) is 12.1. The molecule has 0 aliphatic carbocycles. The minimum absolute atomic E-state index is 0.0781. The van der Waals surface area contributed by atoms with Crippen molar-refractivity contribution in [1.29, 1.82) is 0 Å². The van der Waals surface area contributed by atoms with Gasteiger partial charge in [0, 0.05) is 5.56 Å². The molecule has 0 saturated carbocycles. The summed E-state index contributed by atoms with van der Waals surface area (Å²) in [6.45, 7) is 5.82. The highest BCUT2D eigenvalue weighted by Gasteiger charge is 2.12. The second kappa shape index (κ2) is 6.85. The number of nitrogens with zero attached hydrogens (tertiary/aromatic N) is 2. The van der Waals surface area contributed by atoms with E-state index in [1.165, 1.54) is 23.1 Å². The third-order valence-electron chi connectivity index (χ3n) is 2.50. The summed E-state index contributed by atoms with van der Waals surface area (Å²) in [6, 6.07) is 7.60. The fourth-order valence-electron chi connectivity index (χ4n) is 1.60. The van der Waals surface area contributed by atoms with E-state index < -0.39 is 0 Å². The third-order valence-corrected chi connectivity index (χ3v) is 4.44. The first-order valence-electron chi connectivity index (χ1n) is 6.28. The Kier molecular flexibility index (Phi) is 5.14. The molecule has 0 radical (unpaired) electrons. The lowest BCUT2D eigenvalue weighted by atomic mass is 10.1. The number of thioether (sulfide) groups is 1. The topological polar surface area (TPSA) is 52.1 Å². The summed E-state index contributed by atoms with van der Waals surface area (Å²) >= 11 is 2.76. The van der Waals surface area contributed by atoms with Crippen LogP contribution in [0.15, 0.2) is 28.6 Å². The van der Waals surface area contributed by atoms with Gasteiger partial charge in [-0.25, -0.2) is 0 Å². The molecule has 0 atom stereocenters. The molecule has 2 aromatic rings. The lowest BCUT2D eigenvalue weighted by molar-refractivity contribution is 0.102. The molecule has 0 fully saturated rings. The van der Waals surface area contributed by atoms with Crippen LogP contribution in [0.25, 0.3) is 0 Å². The quantitative estimate of drug-likeness (QED) is 0.603. The van der Waals surface area contributed by atoms with E-state index in [9.17, 15) is 4.79 Å². The molecule has 20 heavy (non-hydrogen) atoms. The number of aromatic nitrogens is 2. The van der Waals surface area contributed by atoms with Crippen molar-refractivity contribution in [3.8, 4) is 5.19 Å². The first-order chi connectivity index (χ1) is 9.56. The van der Waals surface area contributed by atoms with Crippen LogP contribution in [0.2, 0.25) is 0 Å². The maximum absolute atomic E-state index is 12.1. The maximum atomic E-state index is 12.1. The number of Topliss-reactive ketones (excluding diaryl/α,β-unsaturated/α-hetero) is 1. The molecule has 106 valence electrons. The third kappa shape index (κ3) is 4.05. The molecule has 0 spiro atoms. The van der Waals surface area contributed by atoms with Crippen molar-refractivity contribution in [1.82, 2.24) is 10.2 Å². The second-order valence-electron chi connectivity index (χ2n) is 4.53. The van der Waals surface area contributed by atoms with Gasteiger partial charge in [0.05, 0.1) is 11.9 Å². The molecule has 0 N–H and O–H groups in total. The van der Waals surface area contributed by atoms with Gasteiger partial charge in [-0.2, -0.15) is 0 Å². The predicted molar refractivity (Wildman–Crippen MR) is 81.9 cm³/mol. The largest absolute Gasteiger partial charge is 0.466 e. The molecule has 0 unspecified atom stereocenters. The number of hydrogen-bond donors (Lipinski definition) is 0. The van der Waals surface area contributed by atoms with E-state index in [4.69, 9.17) is 4.74 Å². The molecule has 0 aliphatic heterocycles. The van der Waals surface area contributed by atoms with Crippen LogP contribution in [-0.2, 0) is 0 Å². The average molecular weight is 308 g/mol. The highest BCUT2D eigenvalue weighted by Crippen LogP contribution is 2.28. The number of carbonyl (C=O) groups is 1. The van der Waals surface area contributed by atoms with E-state index in [0.717, 1.165) is 15.5 Å². The lowest BCUT2D eigenvalue weighted by Gasteiger charge is -2.03. The number of aryl methyl sites for hydroxylation is 1. The molecule has 1 aromatic carbocycles. The molecule has 0 bridgehead atoms. The van der Waals surface area contributed by atoms with Crippen molar-refractivity contribution in [2.24, 2.45) is 0 Å². The summed E-state index contributed by atoms with van der Waals surface area (Å²) in [5.74, 6) is 0.468. The summed E-state index contributed by atoms with van der Waals surface area (Å²) in [6.07, 6.45) is 0.0781. The standard InChI is InChI=1S/C14H16N2O2S2/c1-9(2)18-13-15-16-14(20-13)19-8-12(17)11-7-5-4-6-10(11)3/h4-7,9H,8H2,1-3H3. The van der Waals surface area contributed by atoms with Gasteiger partial charge in [0.25, 0.3) is 5.19 Å². The molecule has 2 rings (SSSR count). The van der Waals surface area contributed by atoms with Gasteiger partial charge in [-0.15, -0.1) is 5.10 Å². The smallest absolute Gasteiger partial charge is 0.295 e. The Morgan fingerprint density at radius 1 is 1.35 bits per heavy atom. The fraction of sp³-hybridized carbons (Fsp3) is 0.357. The molecule has 1 heterocycles. The Labute approximate surface area is 126 Å². The first kappa shape index (κ1) is 15.0. The van der Waals surface area contributed by atoms with Crippen molar-refractivity contribution >= 4 is 28.9 Å². The zero-order valence-corrected chi connectivity index (χ0v) is 13.3. The van der Waals surface area contributed by atoms with Gasteiger partial charge < -0.3 is 4.74 Å². The molecular formula is C14H16N2O2S2. The molecule has 0 aliphatic rings. The van der Waals surface area contributed by atoms with Crippen molar-refractivity contribution in [3.63, 3.8) is 0 Å². The molecular weight excluding hydrogens is 292 g/mol. The van der Waals surface area contributed by atoms with Crippen molar-refractivity contribution in [2.45, 2.75) is 31.2 Å². The summed E-state index contributed by atoms with van der Waals surface area (Å²) < 4.78 is 6.20. The number of carbonyl (C=O) groups excluding carboxylic acids is 1. The van der Waals surface area contributed by atoms with Gasteiger partial charge >= 0.3 is 0 Å². The highest BCUT2D eigenvalue weighted by molar-refractivity contribution is 8.01. The Hall–Kier alpha value is -1.40. The van der Waals surface area contributed by atoms with Gasteiger partial charge in [-0.05, 0) is 37.7 Å². The Morgan fingerprint density at radius 3 is 2.80 bits per heavy atom. The van der Waals surface area contributed by atoms with Crippen molar-refractivity contribution in [2.75, 3.05) is 5.75 Å². The Morgan fingerprint density at radius 2 is 2.10 bits per heavy atom. The van der Waals surface area contributed by atoms with E-state index in [0.29, 0.717) is 10.9 Å². The minimum atomic E-state index is 0.0781. The first-order valence-corrected chi connectivity index (χ1v) is 8.08. The van der Waals surface area contributed by atoms with Crippen LogP contribution in [0.5, 0.6) is 5.19 Å². The lowest BCUT2D eigenvalue weighted by Crippen LogP contribution is -2.04. The van der Waals surface area contributed by atoms with Gasteiger partial charge in [0.1, 0.15) is 0 Å². The normalized spacial score (nSPS) is 10.8. The number of ether oxygens (including phenoxy) is 1. The summed E-state index contributed by atoms with van der Waals surface area (Å²) in [5.41, 5.74) is 1.77. The highest BCUT2D eigenvalue weighted by atomic mass is 32.2. The molecule has 4 nitrogen and oxygen atoms in total. The zero-order chi connectivity index (χ0) is 14.5. The summed E-state index contributed by atoms with van der Waals surface area (Å²) in [5, 5.41) is 8.50. The van der Waals surface area contributed by atoms with E-state index in [2.05, 4.69) is 10.2 Å². The van der Waals surface area contributed by atoms with Gasteiger partial charge in [-0.1, -0.05) is 41.1 Å². The zero-order valence-electron chi connectivity index (χ0n) is 11.6.